The van der Waals surface area contributed by atoms with Crippen molar-refractivity contribution in [2.24, 2.45) is 5.73 Å². The normalized spacial score (nSPS) is 12.6. The van der Waals surface area contributed by atoms with E-state index < -0.39 is 0 Å². The van der Waals surface area contributed by atoms with Crippen molar-refractivity contribution in [1.29, 1.82) is 0 Å². The highest BCUT2D eigenvalue weighted by Crippen LogP contribution is 2.24. The fraction of sp³-hybridized carbons (Fsp3) is 0.462. The van der Waals surface area contributed by atoms with Crippen molar-refractivity contribution in [1.82, 2.24) is 4.90 Å². The van der Waals surface area contributed by atoms with Crippen molar-refractivity contribution in [3.63, 3.8) is 0 Å². The van der Waals surface area contributed by atoms with E-state index in [2.05, 4.69) is 0 Å². The molecule has 1 aromatic rings. The minimum Gasteiger partial charge on any atom is -0.332 e. The van der Waals surface area contributed by atoms with Crippen LogP contribution in [0.5, 0.6) is 0 Å². The summed E-state index contributed by atoms with van der Waals surface area (Å²) < 4.78 is 0. The molecule has 1 amide bonds. The molecule has 0 aromatic heterocycles. The maximum atomic E-state index is 11.8. The van der Waals surface area contributed by atoms with Gasteiger partial charge in [0, 0.05) is 11.1 Å². The highest BCUT2D eigenvalue weighted by molar-refractivity contribution is 6.30. The molecule has 0 aliphatic carbocycles. The molecule has 2 N–H and O–H groups in total. The van der Waals surface area contributed by atoms with Crippen LogP contribution in [-0.4, -0.2) is 23.4 Å². The van der Waals surface area contributed by atoms with E-state index in [0.717, 1.165) is 5.56 Å². The summed E-state index contributed by atoms with van der Waals surface area (Å²) in [4.78, 5) is 13.6. The van der Waals surface area contributed by atoms with Crippen molar-refractivity contribution < 1.29 is 4.79 Å². The molecule has 1 rings (SSSR count). The summed E-state index contributed by atoms with van der Waals surface area (Å²) in [6, 6.07) is 7.65. The highest BCUT2D eigenvalue weighted by atomic mass is 35.5. The summed E-state index contributed by atoms with van der Waals surface area (Å²) >= 11 is 5.96. The average molecular weight is 255 g/mol. The van der Waals surface area contributed by atoms with Crippen LogP contribution < -0.4 is 5.73 Å². The molecule has 0 heterocycles. The van der Waals surface area contributed by atoms with Crippen molar-refractivity contribution >= 4 is 17.5 Å². The van der Waals surface area contributed by atoms with Crippen LogP contribution in [0.15, 0.2) is 24.3 Å². The van der Waals surface area contributed by atoms with Gasteiger partial charge in [0.2, 0.25) is 5.91 Å². The van der Waals surface area contributed by atoms with E-state index in [1.165, 1.54) is 0 Å². The Labute approximate surface area is 108 Å². The van der Waals surface area contributed by atoms with Crippen molar-refractivity contribution in [3.8, 4) is 0 Å². The third-order valence-electron chi connectivity index (χ3n) is 2.77. The lowest BCUT2D eigenvalue weighted by molar-refractivity contribution is -0.133. The van der Waals surface area contributed by atoms with E-state index in [1.807, 2.05) is 45.0 Å². The van der Waals surface area contributed by atoms with Crippen LogP contribution in [0.1, 0.15) is 32.4 Å². The third kappa shape index (κ3) is 3.45. The van der Waals surface area contributed by atoms with Gasteiger partial charge in [0.05, 0.1) is 12.6 Å². The van der Waals surface area contributed by atoms with Gasteiger partial charge in [-0.3, -0.25) is 4.79 Å². The predicted molar refractivity (Wildman–Crippen MR) is 70.9 cm³/mol. The zero-order valence-corrected chi connectivity index (χ0v) is 11.2. The first-order chi connectivity index (χ1) is 7.97. The van der Waals surface area contributed by atoms with Gasteiger partial charge in [0.25, 0.3) is 0 Å². The Bertz CT molecular complexity index is 393. The third-order valence-corrected chi connectivity index (χ3v) is 3.00. The summed E-state index contributed by atoms with van der Waals surface area (Å²) in [7, 11) is 0. The zero-order valence-electron chi connectivity index (χ0n) is 10.5. The molecule has 0 radical (unpaired) electrons. The number of nitrogens with zero attached hydrogens (tertiary/aromatic N) is 1. The Morgan fingerprint density at radius 1 is 1.41 bits per heavy atom. The fourth-order valence-corrected chi connectivity index (χ4v) is 2.18. The molecule has 94 valence electrons. The Morgan fingerprint density at radius 2 is 2.06 bits per heavy atom. The predicted octanol–water partition coefficient (Wildman–Crippen LogP) is 2.60. The molecule has 0 bridgehead atoms. The maximum absolute atomic E-state index is 11.8. The standard InChI is InChI=1S/C13H19ClN2O/c1-9(2)16(13(17)8-15)10(3)11-5-4-6-12(14)7-11/h4-7,9-10H,8,15H2,1-3H3. The van der Waals surface area contributed by atoms with Crippen molar-refractivity contribution in [2.45, 2.75) is 32.9 Å². The van der Waals surface area contributed by atoms with Gasteiger partial charge in [-0.2, -0.15) is 0 Å². The molecule has 3 nitrogen and oxygen atoms in total. The quantitative estimate of drug-likeness (QED) is 0.898. The highest BCUT2D eigenvalue weighted by Gasteiger charge is 2.22. The summed E-state index contributed by atoms with van der Waals surface area (Å²) in [5.74, 6) is -0.0486. The largest absolute Gasteiger partial charge is 0.332 e. The molecule has 17 heavy (non-hydrogen) atoms. The van der Waals surface area contributed by atoms with Crippen LogP contribution >= 0.6 is 11.6 Å². The van der Waals surface area contributed by atoms with E-state index >= 15 is 0 Å². The lowest BCUT2D eigenvalue weighted by atomic mass is 10.1. The van der Waals surface area contributed by atoms with Crippen LogP contribution in [0.3, 0.4) is 0 Å². The molecule has 0 aliphatic heterocycles. The van der Waals surface area contributed by atoms with Crippen LogP contribution in [0.4, 0.5) is 0 Å². The number of nitrogens with two attached hydrogens (primary N) is 1. The van der Waals surface area contributed by atoms with E-state index in [0.29, 0.717) is 5.02 Å². The van der Waals surface area contributed by atoms with Crippen LogP contribution in [0.2, 0.25) is 5.02 Å². The number of amides is 1. The van der Waals surface area contributed by atoms with Gasteiger partial charge in [-0.1, -0.05) is 23.7 Å². The van der Waals surface area contributed by atoms with Crippen LogP contribution in [-0.2, 0) is 4.79 Å². The van der Waals surface area contributed by atoms with Gasteiger partial charge in [-0.05, 0) is 38.5 Å². The Balaban J connectivity index is 2.99. The minimum absolute atomic E-state index is 0.0234. The van der Waals surface area contributed by atoms with E-state index in [4.69, 9.17) is 17.3 Å². The van der Waals surface area contributed by atoms with Crippen molar-refractivity contribution in [2.75, 3.05) is 6.54 Å². The van der Waals surface area contributed by atoms with Gasteiger partial charge in [-0.25, -0.2) is 0 Å². The molecular formula is C13H19ClN2O. The summed E-state index contributed by atoms with van der Waals surface area (Å²) in [6.45, 7) is 5.98. The first-order valence-electron chi connectivity index (χ1n) is 5.74. The summed E-state index contributed by atoms with van der Waals surface area (Å²) in [5, 5.41) is 0.679. The molecule has 0 aliphatic rings. The second-order valence-electron chi connectivity index (χ2n) is 4.33. The topological polar surface area (TPSA) is 46.3 Å². The number of hydrogen-bond donors (Lipinski definition) is 1. The van der Waals surface area contributed by atoms with Crippen LogP contribution in [0, 0.1) is 0 Å². The van der Waals surface area contributed by atoms with Crippen molar-refractivity contribution in [3.05, 3.63) is 34.9 Å². The molecular weight excluding hydrogens is 236 g/mol. The van der Waals surface area contributed by atoms with E-state index in [1.54, 1.807) is 4.90 Å². The SMILES string of the molecule is CC(C)N(C(=O)CN)C(C)c1cccc(Cl)c1. The Kier molecular flexibility index (Phi) is 4.97. The van der Waals surface area contributed by atoms with Crippen LogP contribution in [0.25, 0.3) is 0 Å². The van der Waals surface area contributed by atoms with Gasteiger partial charge >= 0.3 is 0 Å². The molecule has 1 aromatic carbocycles. The second kappa shape index (κ2) is 6.03. The monoisotopic (exact) mass is 254 g/mol. The maximum Gasteiger partial charge on any atom is 0.237 e. The zero-order chi connectivity index (χ0) is 13.0. The molecule has 0 fully saturated rings. The molecule has 0 saturated heterocycles. The second-order valence-corrected chi connectivity index (χ2v) is 4.77. The molecule has 1 atom stereocenters. The lowest BCUT2D eigenvalue weighted by Gasteiger charge is -2.33. The lowest BCUT2D eigenvalue weighted by Crippen LogP contribution is -2.42. The van der Waals surface area contributed by atoms with Gasteiger partial charge < -0.3 is 10.6 Å². The number of rotatable bonds is 4. The van der Waals surface area contributed by atoms with Gasteiger partial charge in [0.15, 0.2) is 0 Å². The average Bonchev–Trinajstić information content (AvgIpc) is 2.28. The number of carbonyl (C=O) groups excluding carboxylic acids is 1. The van der Waals surface area contributed by atoms with E-state index in [9.17, 15) is 4.79 Å². The number of hydrogen-bond acceptors (Lipinski definition) is 2. The number of halogens is 1. The van der Waals surface area contributed by atoms with Gasteiger partial charge in [-0.15, -0.1) is 0 Å². The van der Waals surface area contributed by atoms with Gasteiger partial charge in [0.1, 0.15) is 0 Å². The summed E-state index contributed by atoms with van der Waals surface area (Å²) in [6.07, 6.45) is 0. The molecule has 0 saturated carbocycles. The fourth-order valence-electron chi connectivity index (χ4n) is 1.98. The number of carbonyl (C=O) groups is 1. The Hall–Kier alpha value is -1.06. The first-order valence-corrected chi connectivity index (χ1v) is 6.11. The smallest absolute Gasteiger partial charge is 0.237 e. The molecule has 1 unspecified atom stereocenters. The number of benzene rings is 1. The summed E-state index contributed by atoms with van der Waals surface area (Å²) in [5.41, 5.74) is 6.46. The minimum atomic E-state index is -0.0486. The molecule has 0 spiro atoms. The molecule has 4 heteroatoms. The Morgan fingerprint density at radius 3 is 2.53 bits per heavy atom. The first kappa shape index (κ1) is 14.0. The van der Waals surface area contributed by atoms with E-state index in [-0.39, 0.29) is 24.5 Å².